The van der Waals surface area contributed by atoms with Gasteiger partial charge < -0.3 is 4.90 Å². The smallest absolute Gasteiger partial charge is 0.201 e. The van der Waals surface area contributed by atoms with Gasteiger partial charge in [0.1, 0.15) is 14.1 Å². The first kappa shape index (κ1) is 15.0. The van der Waals surface area contributed by atoms with Crippen LogP contribution in [0.2, 0.25) is 0 Å². The predicted octanol–water partition coefficient (Wildman–Crippen LogP) is 2.99. The molecule has 118 valence electrons. The summed E-state index contributed by atoms with van der Waals surface area (Å²) in [6.07, 6.45) is 0. The Kier molecular flexibility index (Phi) is 3.99. The third kappa shape index (κ3) is 2.95. The first-order valence-corrected chi connectivity index (χ1v) is 9.85. The third-order valence-electron chi connectivity index (χ3n) is 4.24. The van der Waals surface area contributed by atoms with Crippen LogP contribution >= 0.6 is 23.1 Å². The Bertz CT molecular complexity index is 890. The molecule has 1 aliphatic carbocycles. The molecule has 0 bridgehead atoms. The van der Waals surface area contributed by atoms with Gasteiger partial charge in [0.05, 0.1) is 20.8 Å². The first-order chi connectivity index (χ1) is 11.2. The molecule has 2 heterocycles. The lowest BCUT2D eigenvalue weighted by Gasteiger charge is -2.28. The Balaban J connectivity index is 1.85. The van der Waals surface area contributed by atoms with E-state index in [1.54, 1.807) is 0 Å². The van der Waals surface area contributed by atoms with Crippen LogP contribution in [0.1, 0.15) is 0 Å². The van der Waals surface area contributed by atoms with Crippen LogP contribution in [-0.4, -0.2) is 43.7 Å². The lowest BCUT2D eigenvalue weighted by molar-refractivity contribution is 0.814. The van der Waals surface area contributed by atoms with Crippen LogP contribution in [0, 0.1) is 0 Å². The number of nitrogens with zero attached hydrogens (tertiary/aromatic N) is 3. The number of fused-ring (bicyclic) bond motifs is 2. The molecule has 0 amide bonds. The van der Waals surface area contributed by atoms with Gasteiger partial charge in [-0.3, -0.25) is 0 Å². The van der Waals surface area contributed by atoms with Gasteiger partial charge in [0.25, 0.3) is 0 Å². The van der Waals surface area contributed by atoms with Gasteiger partial charge in [0.15, 0.2) is 0 Å². The quantitative estimate of drug-likeness (QED) is 0.501. The maximum Gasteiger partial charge on any atom is 0.201 e. The van der Waals surface area contributed by atoms with Crippen LogP contribution in [-0.2, 0) is 0 Å². The molecule has 4 rings (SSSR count). The number of anilines is 1. The van der Waals surface area contributed by atoms with E-state index in [4.69, 9.17) is 4.98 Å². The first-order valence-electron chi connectivity index (χ1n) is 7.88. The van der Waals surface area contributed by atoms with Gasteiger partial charge in [-0.1, -0.05) is 0 Å². The molecule has 3 nitrogen and oxygen atoms in total. The number of rotatable bonds is 1. The Morgan fingerprint density at radius 3 is 2.65 bits per heavy atom. The highest BCUT2D eigenvalue weighted by Gasteiger charge is 2.13. The van der Waals surface area contributed by atoms with Crippen LogP contribution in [0.5, 0.6) is 0 Å². The van der Waals surface area contributed by atoms with Gasteiger partial charge >= 0.3 is 0 Å². The fourth-order valence-corrected chi connectivity index (χ4v) is 4.83. The summed E-state index contributed by atoms with van der Waals surface area (Å²) in [6.45, 7) is 2.29. The lowest BCUT2D eigenvalue weighted by Crippen LogP contribution is -2.32. The molecular weight excluding hydrogens is 322 g/mol. The van der Waals surface area contributed by atoms with Gasteiger partial charge in [0.2, 0.25) is 5.36 Å². The molecule has 1 aromatic rings. The number of hydrogen-bond acceptors (Lipinski definition) is 4. The van der Waals surface area contributed by atoms with Crippen molar-refractivity contribution >= 4 is 39.0 Å². The number of benzene rings is 2. The Morgan fingerprint density at radius 1 is 1.04 bits per heavy atom. The van der Waals surface area contributed by atoms with Crippen LogP contribution < -0.4 is 14.8 Å². The van der Waals surface area contributed by atoms with Crippen LogP contribution in [0.25, 0.3) is 20.8 Å². The highest BCUT2D eigenvalue weighted by Crippen LogP contribution is 2.32. The van der Waals surface area contributed by atoms with Crippen molar-refractivity contribution in [1.29, 1.82) is 0 Å². The van der Waals surface area contributed by atoms with Gasteiger partial charge in [-0.15, -0.1) is 11.3 Å². The van der Waals surface area contributed by atoms with Crippen molar-refractivity contribution in [2.24, 2.45) is 0 Å². The van der Waals surface area contributed by atoms with Crippen molar-refractivity contribution in [3.8, 4) is 10.6 Å². The van der Waals surface area contributed by atoms with Crippen LogP contribution in [0.15, 0.2) is 36.4 Å². The summed E-state index contributed by atoms with van der Waals surface area (Å²) in [6, 6.07) is 13.2. The van der Waals surface area contributed by atoms with Gasteiger partial charge in [0, 0.05) is 42.4 Å². The van der Waals surface area contributed by atoms with E-state index in [1.807, 2.05) is 23.1 Å². The molecule has 0 unspecified atom stereocenters. The zero-order chi connectivity index (χ0) is 15.8. The lowest BCUT2D eigenvalue weighted by atomic mass is 10.2. The molecule has 0 N–H and O–H groups in total. The van der Waals surface area contributed by atoms with Gasteiger partial charge in [-0.05, 0) is 24.3 Å². The summed E-state index contributed by atoms with van der Waals surface area (Å²) in [7, 11) is 4.15. The normalized spacial score (nSPS) is 15.3. The Labute approximate surface area is 144 Å². The van der Waals surface area contributed by atoms with Crippen LogP contribution in [0.3, 0.4) is 0 Å². The zero-order valence-corrected chi connectivity index (χ0v) is 15.1. The molecule has 0 aromatic heterocycles. The minimum atomic E-state index is 1.08. The molecule has 3 aliphatic rings. The molecule has 1 aromatic carbocycles. The summed E-state index contributed by atoms with van der Waals surface area (Å²) in [4.78, 5) is 8.57. The van der Waals surface area contributed by atoms with Gasteiger partial charge in [-0.25, -0.2) is 9.56 Å². The van der Waals surface area contributed by atoms with E-state index < -0.39 is 0 Å². The van der Waals surface area contributed by atoms with Gasteiger partial charge in [-0.2, -0.15) is 11.8 Å². The zero-order valence-electron chi connectivity index (χ0n) is 13.5. The van der Waals surface area contributed by atoms with Crippen molar-refractivity contribution in [2.75, 3.05) is 43.6 Å². The second-order valence-corrected chi connectivity index (χ2v) is 8.32. The van der Waals surface area contributed by atoms with E-state index in [2.05, 4.69) is 60.0 Å². The molecule has 0 radical (unpaired) electrons. The fraction of sp³-hybridized carbons (Fsp3) is 0.333. The summed E-state index contributed by atoms with van der Waals surface area (Å²) >= 11 is 3.89. The molecule has 0 saturated carbocycles. The monoisotopic (exact) mass is 342 g/mol. The van der Waals surface area contributed by atoms with E-state index in [0.717, 1.165) is 24.3 Å². The summed E-state index contributed by atoms with van der Waals surface area (Å²) in [5.41, 5.74) is 3.50. The topological polar surface area (TPSA) is 19.1 Å². The van der Waals surface area contributed by atoms with E-state index in [0.29, 0.717) is 0 Å². The van der Waals surface area contributed by atoms with E-state index in [-0.39, 0.29) is 0 Å². The SMILES string of the molecule is C[N+](C)=c1ccc2nc3ccc(N4CCSCC4)cc3sc-2c1. The maximum atomic E-state index is 4.83. The van der Waals surface area contributed by atoms with E-state index >= 15 is 0 Å². The van der Waals surface area contributed by atoms with Crippen molar-refractivity contribution < 1.29 is 0 Å². The highest BCUT2D eigenvalue weighted by molar-refractivity contribution is 7.99. The second-order valence-electron chi connectivity index (χ2n) is 6.01. The molecule has 1 saturated heterocycles. The minimum absolute atomic E-state index is 1.08. The molecule has 1 fully saturated rings. The second kappa shape index (κ2) is 6.13. The predicted molar refractivity (Wildman–Crippen MR) is 103 cm³/mol. The molecule has 23 heavy (non-hydrogen) atoms. The summed E-state index contributed by atoms with van der Waals surface area (Å²) in [5, 5.41) is 1.22. The Morgan fingerprint density at radius 2 is 1.87 bits per heavy atom. The number of hydrogen-bond donors (Lipinski definition) is 0. The van der Waals surface area contributed by atoms with Crippen molar-refractivity contribution in [1.82, 2.24) is 9.56 Å². The molecular formula is C18H20N3S2+. The van der Waals surface area contributed by atoms with E-state index in [9.17, 15) is 0 Å². The van der Waals surface area contributed by atoms with Crippen molar-refractivity contribution in [3.05, 3.63) is 41.8 Å². The maximum absolute atomic E-state index is 4.83. The van der Waals surface area contributed by atoms with Crippen molar-refractivity contribution in [2.45, 2.75) is 0 Å². The number of aromatic nitrogens is 1. The average molecular weight is 343 g/mol. The highest BCUT2D eigenvalue weighted by atomic mass is 32.2. The molecule has 0 atom stereocenters. The van der Waals surface area contributed by atoms with E-state index in [1.165, 1.54) is 32.1 Å². The molecule has 5 heteroatoms. The fourth-order valence-electron chi connectivity index (χ4n) is 2.90. The Hall–Kier alpha value is -1.59. The van der Waals surface area contributed by atoms with Crippen molar-refractivity contribution in [3.63, 3.8) is 0 Å². The summed E-state index contributed by atoms with van der Waals surface area (Å²) < 4.78 is 3.40. The molecule has 2 aliphatic heterocycles. The van der Waals surface area contributed by atoms with Crippen LogP contribution in [0.4, 0.5) is 5.69 Å². The minimum Gasteiger partial charge on any atom is -0.370 e. The average Bonchev–Trinajstić information content (AvgIpc) is 2.59. The third-order valence-corrected chi connectivity index (χ3v) is 6.28. The summed E-state index contributed by atoms with van der Waals surface area (Å²) in [5.74, 6) is 2.45. The number of thioether (sulfide) groups is 1. The standard InChI is InChI=1S/C18H20N3S2/c1-20(2)13-3-5-15-17(11-13)23-18-12-14(4-6-16(18)19-15)21-7-9-22-10-8-21/h3-6,11-12H,7-10H2,1-2H3/q+1. The largest absolute Gasteiger partial charge is 0.370 e. The molecule has 0 spiro atoms.